The van der Waals surface area contributed by atoms with Crippen molar-refractivity contribution in [3.8, 4) is 0 Å². The van der Waals surface area contributed by atoms with Crippen LogP contribution in [0.25, 0.3) is 0 Å². The molecule has 0 saturated heterocycles. The summed E-state index contributed by atoms with van der Waals surface area (Å²) in [5.74, 6) is -1.24. The van der Waals surface area contributed by atoms with E-state index in [2.05, 4.69) is 31.1 Å². The molecule has 232 valence electrons. The molecule has 1 unspecified atom stereocenters. The standard InChI is InChI=1S/C28H35F4N9O2/c1-15(2)41-20(9-10-34-41)26(42)36-24(23(17-5-6-17)18-7-8-18)27(43)35-19-13-39(37-25(19)29)21(11-16-3-4-16)22-12-33-38-40(22)14-28(30,31)32/h9-10,12-13,15-18,21,23-24H,3-8,11,14H2,1-2H3,(H,35,43)(H,36,42)/t21?,24-/m0/s1. The average Bonchev–Trinajstić information content (AvgIpc) is 3.89. The highest BCUT2D eigenvalue weighted by atomic mass is 19.4. The summed E-state index contributed by atoms with van der Waals surface area (Å²) in [6, 6.07) is -0.153. The van der Waals surface area contributed by atoms with E-state index in [0.717, 1.165) is 43.2 Å². The van der Waals surface area contributed by atoms with Crippen molar-refractivity contribution in [3.05, 3.63) is 42.0 Å². The molecule has 43 heavy (non-hydrogen) atoms. The van der Waals surface area contributed by atoms with E-state index in [1.807, 2.05) is 13.8 Å². The van der Waals surface area contributed by atoms with Crippen molar-refractivity contribution < 1.29 is 27.2 Å². The van der Waals surface area contributed by atoms with Crippen LogP contribution in [0.15, 0.2) is 24.7 Å². The van der Waals surface area contributed by atoms with Crippen LogP contribution in [0.4, 0.5) is 23.2 Å². The predicted octanol–water partition coefficient (Wildman–Crippen LogP) is 4.52. The van der Waals surface area contributed by atoms with E-state index < -0.39 is 42.6 Å². The molecular formula is C28H35F4N9O2. The second-order valence-electron chi connectivity index (χ2n) is 12.4. The summed E-state index contributed by atoms with van der Waals surface area (Å²) in [6.45, 7) is 2.46. The first-order valence-electron chi connectivity index (χ1n) is 14.8. The van der Waals surface area contributed by atoms with Gasteiger partial charge in [0.2, 0.25) is 5.91 Å². The fourth-order valence-corrected chi connectivity index (χ4v) is 6.02. The van der Waals surface area contributed by atoms with E-state index >= 15 is 4.39 Å². The van der Waals surface area contributed by atoms with Gasteiger partial charge in [0.1, 0.15) is 24.0 Å². The van der Waals surface area contributed by atoms with Crippen LogP contribution >= 0.6 is 0 Å². The fraction of sp³-hybridized carbons (Fsp3) is 0.643. The molecule has 2 N–H and O–H groups in total. The van der Waals surface area contributed by atoms with Gasteiger partial charge in [0, 0.05) is 12.2 Å². The highest BCUT2D eigenvalue weighted by molar-refractivity contribution is 6.00. The van der Waals surface area contributed by atoms with E-state index in [9.17, 15) is 22.8 Å². The van der Waals surface area contributed by atoms with Crippen LogP contribution < -0.4 is 10.6 Å². The molecular weight excluding hydrogens is 570 g/mol. The highest BCUT2D eigenvalue weighted by Gasteiger charge is 2.48. The Morgan fingerprint density at radius 2 is 1.79 bits per heavy atom. The molecule has 0 spiro atoms. The zero-order valence-corrected chi connectivity index (χ0v) is 24.0. The van der Waals surface area contributed by atoms with Gasteiger partial charge in [0.15, 0.2) is 0 Å². The van der Waals surface area contributed by atoms with Crippen molar-refractivity contribution >= 4 is 17.5 Å². The number of halogens is 4. The first-order chi connectivity index (χ1) is 20.5. The van der Waals surface area contributed by atoms with Crippen LogP contribution in [0.1, 0.15) is 87.1 Å². The third kappa shape index (κ3) is 6.74. The Hall–Kier alpha value is -3.78. The number of anilines is 1. The number of rotatable bonds is 13. The topological polar surface area (TPSA) is 125 Å². The smallest absolute Gasteiger partial charge is 0.339 e. The third-order valence-corrected chi connectivity index (χ3v) is 8.51. The Balaban J connectivity index is 1.25. The Kier molecular flexibility index (Phi) is 7.75. The summed E-state index contributed by atoms with van der Waals surface area (Å²) in [7, 11) is 0. The summed E-state index contributed by atoms with van der Waals surface area (Å²) in [5, 5.41) is 21.0. The van der Waals surface area contributed by atoms with Gasteiger partial charge in [-0.3, -0.25) is 19.0 Å². The van der Waals surface area contributed by atoms with Gasteiger partial charge in [-0.25, -0.2) is 4.68 Å². The Labute approximate surface area is 245 Å². The number of hydrogen-bond donors (Lipinski definition) is 2. The SMILES string of the molecule is CC(C)n1nccc1C(=O)N[C@H](C(=O)Nc1cn(C(CC2CC2)c2cnnn2CC(F)(F)F)nc1F)C(C1CC1)C1CC1. The van der Waals surface area contributed by atoms with Gasteiger partial charge in [0.25, 0.3) is 11.9 Å². The number of carbonyl (C=O) groups is 2. The first-order valence-corrected chi connectivity index (χ1v) is 14.8. The zero-order chi connectivity index (χ0) is 30.5. The molecule has 3 saturated carbocycles. The molecule has 3 heterocycles. The summed E-state index contributed by atoms with van der Waals surface area (Å²) < 4.78 is 58.5. The predicted molar refractivity (Wildman–Crippen MR) is 145 cm³/mol. The van der Waals surface area contributed by atoms with Gasteiger partial charge in [0.05, 0.1) is 24.1 Å². The molecule has 11 nitrogen and oxygen atoms in total. The molecule has 3 fully saturated rings. The van der Waals surface area contributed by atoms with E-state index in [1.165, 1.54) is 23.3 Å². The molecule has 2 amide bonds. The van der Waals surface area contributed by atoms with E-state index in [4.69, 9.17) is 0 Å². The molecule has 15 heteroatoms. The minimum absolute atomic E-state index is 0.0724. The van der Waals surface area contributed by atoms with Gasteiger partial charge in [-0.15, -0.1) is 10.2 Å². The first kappa shape index (κ1) is 29.3. The van der Waals surface area contributed by atoms with Crippen molar-refractivity contribution in [2.45, 2.75) is 89.6 Å². The van der Waals surface area contributed by atoms with Gasteiger partial charge < -0.3 is 10.6 Å². The largest absolute Gasteiger partial charge is 0.408 e. The van der Waals surface area contributed by atoms with Crippen LogP contribution in [0, 0.1) is 29.6 Å². The van der Waals surface area contributed by atoms with Crippen molar-refractivity contribution in [2.24, 2.45) is 23.7 Å². The van der Waals surface area contributed by atoms with E-state index in [0.29, 0.717) is 12.1 Å². The molecule has 0 aliphatic heterocycles. The molecule has 0 aromatic carbocycles. The normalized spacial score (nSPS) is 18.7. The Bertz CT molecular complexity index is 1450. The lowest BCUT2D eigenvalue weighted by Gasteiger charge is -2.27. The minimum Gasteiger partial charge on any atom is -0.339 e. The van der Waals surface area contributed by atoms with Crippen LogP contribution in [0.3, 0.4) is 0 Å². The van der Waals surface area contributed by atoms with Gasteiger partial charge in [-0.2, -0.15) is 22.7 Å². The summed E-state index contributed by atoms with van der Waals surface area (Å²) in [5.41, 5.74) is 0.264. The molecule has 3 aliphatic carbocycles. The summed E-state index contributed by atoms with van der Waals surface area (Å²) >= 11 is 0. The lowest BCUT2D eigenvalue weighted by atomic mass is 9.88. The quantitative estimate of drug-likeness (QED) is 0.276. The molecule has 0 radical (unpaired) electrons. The summed E-state index contributed by atoms with van der Waals surface area (Å²) in [4.78, 5) is 27.2. The maximum atomic E-state index is 15.3. The maximum Gasteiger partial charge on any atom is 0.408 e. The van der Waals surface area contributed by atoms with Gasteiger partial charge >= 0.3 is 6.18 Å². The van der Waals surface area contributed by atoms with Crippen LogP contribution in [0.5, 0.6) is 0 Å². The monoisotopic (exact) mass is 605 g/mol. The molecule has 3 aliphatic rings. The number of carbonyl (C=O) groups excluding carboxylic acids is 2. The minimum atomic E-state index is -4.52. The second kappa shape index (κ2) is 11.4. The molecule has 3 aromatic heterocycles. The van der Waals surface area contributed by atoms with Crippen LogP contribution in [-0.2, 0) is 11.3 Å². The fourth-order valence-electron chi connectivity index (χ4n) is 6.02. The van der Waals surface area contributed by atoms with E-state index in [-0.39, 0.29) is 41.1 Å². The van der Waals surface area contributed by atoms with Crippen molar-refractivity contribution in [1.29, 1.82) is 0 Å². The van der Waals surface area contributed by atoms with Crippen molar-refractivity contribution in [3.63, 3.8) is 0 Å². The second-order valence-corrected chi connectivity index (χ2v) is 12.4. The van der Waals surface area contributed by atoms with E-state index in [1.54, 1.807) is 10.7 Å². The number of aromatic nitrogens is 7. The van der Waals surface area contributed by atoms with Crippen LogP contribution in [0.2, 0.25) is 0 Å². The van der Waals surface area contributed by atoms with Gasteiger partial charge in [-0.1, -0.05) is 18.1 Å². The van der Waals surface area contributed by atoms with Crippen LogP contribution in [-0.4, -0.2) is 58.6 Å². The van der Waals surface area contributed by atoms with Crippen molar-refractivity contribution in [2.75, 3.05) is 5.32 Å². The Morgan fingerprint density at radius 3 is 2.40 bits per heavy atom. The number of nitrogens with one attached hydrogen (secondary N) is 2. The lowest BCUT2D eigenvalue weighted by molar-refractivity contribution is -0.143. The Morgan fingerprint density at radius 1 is 1.09 bits per heavy atom. The van der Waals surface area contributed by atoms with Gasteiger partial charge in [-0.05, 0) is 75.7 Å². The number of nitrogens with zero attached hydrogens (tertiary/aromatic N) is 7. The number of alkyl halides is 3. The highest BCUT2D eigenvalue weighted by Crippen LogP contribution is 2.51. The number of amides is 2. The van der Waals surface area contributed by atoms with Crippen molar-refractivity contribution in [1.82, 2.24) is 39.9 Å². The summed E-state index contributed by atoms with van der Waals surface area (Å²) in [6.07, 6.45) is 5.61. The maximum absolute atomic E-state index is 15.3. The molecule has 6 rings (SSSR count). The molecule has 0 bridgehead atoms. The molecule has 2 atom stereocenters. The molecule has 3 aromatic rings. The third-order valence-electron chi connectivity index (χ3n) is 8.51. The lowest BCUT2D eigenvalue weighted by Crippen LogP contribution is -2.50. The number of hydrogen-bond acceptors (Lipinski definition) is 6. The zero-order valence-electron chi connectivity index (χ0n) is 24.0. The average molecular weight is 606 g/mol.